The number of carbonyl (C=O) groups excluding carboxylic acids is 2. The van der Waals surface area contributed by atoms with Crippen LogP contribution in [0, 0.1) is 0 Å². The number of amides is 1. The third-order valence-electron chi connectivity index (χ3n) is 2.91. The van der Waals surface area contributed by atoms with Gasteiger partial charge in [-0.3, -0.25) is 0 Å². The number of aliphatic carboxylic acids is 1. The Kier molecular flexibility index (Phi) is 6.37. The molecule has 0 N–H and O–H groups in total. The number of benzene rings is 1. The van der Waals surface area contributed by atoms with Gasteiger partial charge < -0.3 is 24.3 Å². The molecule has 0 bridgehead atoms. The second kappa shape index (κ2) is 7.79. The van der Waals surface area contributed by atoms with Crippen molar-refractivity contribution in [2.24, 2.45) is 0 Å². The molecule has 6 nitrogen and oxygen atoms in total. The molecule has 22 heavy (non-hydrogen) atoms. The summed E-state index contributed by atoms with van der Waals surface area (Å²) in [6.45, 7) is 5.31. The minimum atomic E-state index is -1.39. The smallest absolute Gasteiger partial charge is 0.410 e. The number of rotatable bonds is 6. The van der Waals surface area contributed by atoms with E-state index in [1.165, 1.54) is 7.05 Å². The molecular weight excluding hydrogens is 286 g/mol. The molecule has 122 valence electrons. The Hall–Kier alpha value is -2.08. The van der Waals surface area contributed by atoms with E-state index in [-0.39, 0.29) is 13.2 Å². The molecule has 0 aromatic heterocycles. The van der Waals surface area contributed by atoms with E-state index in [9.17, 15) is 14.7 Å². The first-order chi connectivity index (χ1) is 10.2. The lowest BCUT2D eigenvalue weighted by Gasteiger charge is -2.31. The lowest BCUT2D eigenvalue weighted by molar-refractivity contribution is -0.312. The Bertz CT molecular complexity index is 495. The Balaban J connectivity index is 2.59. The molecule has 1 rings (SSSR count). The first-order valence-electron chi connectivity index (χ1n) is 6.99. The molecule has 1 amide bonds. The lowest BCUT2D eigenvalue weighted by Crippen LogP contribution is -2.52. The van der Waals surface area contributed by atoms with Crippen LogP contribution in [0.5, 0.6) is 0 Å². The highest BCUT2D eigenvalue weighted by molar-refractivity contribution is 5.78. The first-order valence-corrected chi connectivity index (χ1v) is 6.99. The zero-order chi connectivity index (χ0) is 16.8. The average molecular weight is 308 g/mol. The monoisotopic (exact) mass is 308 g/mol. The number of ether oxygens (including phenoxy) is 2. The summed E-state index contributed by atoms with van der Waals surface area (Å²) in [5.41, 5.74) is 0.308. The van der Waals surface area contributed by atoms with E-state index in [0.29, 0.717) is 0 Å². The highest BCUT2D eigenvalue weighted by atomic mass is 16.6. The van der Waals surface area contributed by atoms with E-state index in [2.05, 4.69) is 0 Å². The molecule has 0 saturated heterocycles. The number of carbonyl (C=O) groups is 2. The highest BCUT2D eigenvalue weighted by Crippen LogP contribution is 2.10. The van der Waals surface area contributed by atoms with Gasteiger partial charge in [0.15, 0.2) is 0 Å². The maximum absolute atomic E-state index is 11.9. The van der Waals surface area contributed by atoms with Gasteiger partial charge in [0.2, 0.25) is 0 Å². The van der Waals surface area contributed by atoms with Crippen molar-refractivity contribution in [2.75, 3.05) is 13.7 Å². The van der Waals surface area contributed by atoms with Gasteiger partial charge in [-0.15, -0.1) is 0 Å². The standard InChI is InChI=1S/C16H23NO5/c1-16(2,3)22-11-13(14(18)19)17(4)15(20)21-10-12-8-6-5-7-9-12/h5-9,13H,10-11H2,1-4H3,(H,18,19)/p-1/t13-/m1/s1. The molecule has 1 atom stereocenters. The number of hydrogen-bond donors (Lipinski definition) is 0. The van der Waals surface area contributed by atoms with Crippen molar-refractivity contribution in [3.05, 3.63) is 35.9 Å². The predicted molar refractivity (Wildman–Crippen MR) is 78.9 cm³/mol. The van der Waals surface area contributed by atoms with Gasteiger partial charge >= 0.3 is 6.09 Å². The molecular formula is C16H22NO5-. The summed E-state index contributed by atoms with van der Waals surface area (Å²) < 4.78 is 10.5. The van der Waals surface area contributed by atoms with Crippen molar-refractivity contribution < 1.29 is 24.2 Å². The van der Waals surface area contributed by atoms with E-state index in [0.717, 1.165) is 10.5 Å². The van der Waals surface area contributed by atoms with Crippen molar-refractivity contribution >= 4 is 12.1 Å². The largest absolute Gasteiger partial charge is 0.548 e. The quantitative estimate of drug-likeness (QED) is 0.788. The van der Waals surface area contributed by atoms with E-state index >= 15 is 0 Å². The first kappa shape index (κ1) is 18.0. The maximum atomic E-state index is 11.9. The van der Waals surface area contributed by atoms with Crippen LogP contribution in [0.3, 0.4) is 0 Å². The fourth-order valence-corrected chi connectivity index (χ4v) is 1.62. The molecule has 1 aromatic rings. The van der Waals surface area contributed by atoms with Crippen molar-refractivity contribution in [2.45, 2.75) is 39.0 Å². The lowest BCUT2D eigenvalue weighted by atomic mass is 10.2. The van der Waals surface area contributed by atoms with Gasteiger partial charge in [0, 0.05) is 7.05 Å². The summed E-state index contributed by atoms with van der Waals surface area (Å²) >= 11 is 0. The van der Waals surface area contributed by atoms with Gasteiger partial charge in [0.1, 0.15) is 6.61 Å². The van der Waals surface area contributed by atoms with E-state index < -0.39 is 23.7 Å². The second-order valence-corrected chi connectivity index (χ2v) is 5.91. The van der Waals surface area contributed by atoms with Crippen molar-refractivity contribution in [1.29, 1.82) is 0 Å². The predicted octanol–water partition coefficient (Wildman–Crippen LogP) is 1.19. The minimum absolute atomic E-state index is 0.0733. The average Bonchev–Trinajstić information content (AvgIpc) is 2.44. The molecule has 0 fully saturated rings. The zero-order valence-corrected chi connectivity index (χ0v) is 13.4. The molecule has 0 saturated carbocycles. The van der Waals surface area contributed by atoms with Gasteiger partial charge in [-0.25, -0.2) is 4.79 Å². The van der Waals surface area contributed by atoms with E-state index in [1.54, 1.807) is 20.8 Å². The van der Waals surface area contributed by atoms with Crippen LogP contribution in [-0.2, 0) is 20.9 Å². The van der Waals surface area contributed by atoms with Crippen molar-refractivity contribution in [3.63, 3.8) is 0 Å². The third kappa shape index (κ3) is 6.13. The highest BCUT2D eigenvalue weighted by Gasteiger charge is 2.24. The van der Waals surface area contributed by atoms with Gasteiger partial charge in [-0.1, -0.05) is 30.3 Å². The van der Waals surface area contributed by atoms with Gasteiger partial charge in [-0.2, -0.15) is 0 Å². The topological polar surface area (TPSA) is 78.9 Å². The summed E-state index contributed by atoms with van der Waals surface area (Å²) in [6, 6.07) is 7.93. The second-order valence-electron chi connectivity index (χ2n) is 5.91. The Morgan fingerprint density at radius 2 is 1.82 bits per heavy atom. The van der Waals surface area contributed by atoms with Crippen molar-refractivity contribution in [3.8, 4) is 0 Å². The molecule has 0 unspecified atom stereocenters. The summed E-state index contributed by atoms with van der Waals surface area (Å²) in [4.78, 5) is 24.1. The van der Waals surface area contributed by atoms with Crippen molar-refractivity contribution in [1.82, 2.24) is 4.90 Å². The number of carboxylic acid groups (broad SMARTS) is 1. The number of hydrogen-bond acceptors (Lipinski definition) is 5. The Labute approximate surface area is 130 Å². The summed E-state index contributed by atoms with van der Waals surface area (Å²) in [6.07, 6.45) is -0.740. The molecule has 0 heterocycles. The minimum Gasteiger partial charge on any atom is -0.548 e. The molecule has 0 aliphatic heterocycles. The third-order valence-corrected chi connectivity index (χ3v) is 2.91. The molecule has 0 radical (unpaired) electrons. The van der Waals surface area contributed by atoms with E-state index in [1.807, 2.05) is 30.3 Å². The summed E-state index contributed by atoms with van der Waals surface area (Å²) in [5.74, 6) is -1.39. The number of likely N-dealkylation sites (N-methyl/N-ethyl adjacent to an activating group) is 1. The van der Waals surface area contributed by atoms with Gasteiger partial charge in [0.05, 0.1) is 24.2 Å². The fraction of sp³-hybridized carbons (Fsp3) is 0.500. The van der Waals surface area contributed by atoms with Crippen LogP contribution >= 0.6 is 0 Å². The number of carboxylic acids is 1. The molecule has 0 spiro atoms. The maximum Gasteiger partial charge on any atom is 0.410 e. The summed E-state index contributed by atoms with van der Waals surface area (Å²) in [7, 11) is 1.35. The van der Waals surface area contributed by atoms with Crippen LogP contribution in [0.25, 0.3) is 0 Å². The molecule has 0 aliphatic rings. The summed E-state index contributed by atoms with van der Waals surface area (Å²) in [5, 5.41) is 11.2. The fourth-order valence-electron chi connectivity index (χ4n) is 1.62. The van der Waals surface area contributed by atoms with Gasteiger partial charge in [0.25, 0.3) is 0 Å². The normalized spacial score (nSPS) is 12.5. The zero-order valence-electron chi connectivity index (χ0n) is 13.4. The van der Waals surface area contributed by atoms with E-state index in [4.69, 9.17) is 9.47 Å². The molecule has 1 aromatic carbocycles. The SMILES string of the molecule is CN(C(=O)OCc1ccccc1)[C@H](COC(C)(C)C)C(=O)[O-]. The Morgan fingerprint density at radius 1 is 1.23 bits per heavy atom. The number of nitrogens with zero attached hydrogens (tertiary/aromatic N) is 1. The van der Waals surface area contributed by atoms with Crippen LogP contribution in [0.2, 0.25) is 0 Å². The van der Waals surface area contributed by atoms with Crippen LogP contribution in [0.4, 0.5) is 4.79 Å². The van der Waals surface area contributed by atoms with Crippen LogP contribution in [0.1, 0.15) is 26.3 Å². The van der Waals surface area contributed by atoms with Crippen LogP contribution < -0.4 is 5.11 Å². The molecule has 6 heteroatoms. The van der Waals surface area contributed by atoms with Gasteiger partial charge in [-0.05, 0) is 26.3 Å². The Morgan fingerprint density at radius 3 is 2.32 bits per heavy atom. The van der Waals surface area contributed by atoms with Crippen LogP contribution in [0.15, 0.2) is 30.3 Å². The van der Waals surface area contributed by atoms with Crippen LogP contribution in [-0.4, -0.2) is 42.3 Å². The molecule has 0 aliphatic carbocycles.